The molecule has 3 aromatic rings. The smallest absolute Gasteiger partial charge is 0.294 e. The zero-order valence-electron chi connectivity index (χ0n) is 18.0. The van der Waals surface area contributed by atoms with Crippen molar-refractivity contribution in [3.8, 4) is 5.75 Å². The molecule has 1 saturated heterocycles. The number of halogens is 3. The number of nitrogens with one attached hydrogen (secondary N) is 1. The number of ether oxygens (including phenoxy) is 1. The lowest BCUT2D eigenvalue weighted by Gasteiger charge is -2.13. The van der Waals surface area contributed by atoms with Crippen molar-refractivity contribution in [1.82, 2.24) is 4.90 Å². The van der Waals surface area contributed by atoms with Crippen molar-refractivity contribution in [2.75, 3.05) is 11.9 Å². The van der Waals surface area contributed by atoms with Crippen LogP contribution in [0.4, 0.5) is 14.9 Å². The van der Waals surface area contributed by atoms with E-state index in [0.29, 0.717) is 22.0 Å². The molecule has 1 aliphatic heterocycles. The highest BCUT2D eigenvalue weighted by Crippen LogP contribution is 2.35. The lowest BCUT2D eigenvalue weighted by molar-refractivity contribution is -0.127. The van der Waals surface area contributed by atoms with Gasteiger partial charge in [0.15, 0.2) is 0 Å². The predicted octanol–water partition coefficient (Wildman–Crippen LogP) is 6.50. The fourth-order valence-corrected chi connectivity index (χ4v) is 4.49. The summed E-state index contributed by atoms with van der Waals surface area (Å²) in [5.74, 6) is -0.946. The Hall–Kier alpha value is -3.14. The summed E-state index contributed by atoms with van der Waals surface area (Å²) < 4.78 is 19.8. The molecule has 0 aliphatic carbocycles. The average Bonchev–Trinajstić information content (AvgIpc) is 3.08. The second-order valence-electron chi connectivity index (χ2n) is 7.42. The summed E-state index contributed by atoms with van der Waals surface area (Å²) in [7, 11) is 0. The van der Waals surface area contributed by atoms with Gasteiger partial charge in [-0.05, 0) is 78.0 Å². The normalized spacial score (nSPS) is 14.5. The number of thioether (sulfide) groups is 1. The maximum absolute atomic E-state index is 13.1. The molecule has 1 N–H and O–H groups in total. The quantitative estimate of drug-likeness (QED) is 0.326. The van der Waals surface area contributed by atoms with E-state index in [-0.39, 0.29) is 17.3 Å². The molecule has 0 saturated carbocycles. The highest BCUT2D eigenvalue weighted by Gasteiger charge is 2.36. The minimum atomic E-state index is -0.573. The molecule has 0 aromatic heterocycles. The van der Waals surface area contributed by atoms with Gasteiger partial charge in [-0.3, -0.25) is 19.3 Å². The maximum Gasteiger partial charge on any atom is 0.294 e. The fourth-order valence-electron chi connectivity index (χ4n) is 3.16. The Bertz CT molecular complexity index is 1320. The van der Waals surface area contributed by atoms with Gasteiger partial charge in [0.05, 0.1) is 4.91 Å². The summed E-state index contributed by atoms with van der Waals surface area (Å²) in [6.07, 6.45) is 1.55. The van der Waals surface area contributed by atoms with E-state index in [1.165, 1.54) is 12.1 Å². The number of rotatable bonds is 7. The van der Waals surface area contributed by atoms with Gasteiger partial charge in [-0.2, -0.15) is 0 Å². The zero-order chi connectivity index (χ0) is 24.9. The van der Waals surface area contributed by atoms with Crippen molar-refractivity contribution in [3.05, 3.63) is 98.1 Å². The summed E-state index contributed by atoms with van der Waals surface area (Å²) in [5.41, 5.74) is 1.84. The number of amides is 3. The number of hydrogen-bond donors (Lipinski definition) is 1. The molecule has 0 radical (unpaired) electrons. The third-order valence-electron chi connectivity index (χ3n) is 4.87. The molecular formula is C25H17BrClFN2O4S. The first-order chi connectivity index (χ1) is 16.8. The standard InChI is InChI=1S/C25H17BrClFN2O4S/c26-17-3-10-21(34-14-15-1-6-19(28)7-2-15)16(11-17)12-22-24(32)30(25(33)35-22)13-23(31)29-20-8-4-18(27)5-9-20/h1-12H,13-14H2,(H,29,31)/b22-12-. The van der Waals surface area contributed by atoms with Crippen LogP contribution in [-0.4, -0.2) is 28.5 Å². The van der Waals surface area contributed by atoms with E-state index in [1.807, 2.05) is 0 Å². The molecule has 0 bridgehead atoms. The Labute approximate surface area is 218 Å². The lowest BCUT2D eigenvalue weighted by Crippen LogP contribution is -2.36. The first-order valence-corrected chi connectivity index (χ1v) is 12.2. The average molecular weight is 576 g/mol. The molecule has 0 atom stereocenters. The number of imide groups is 1. The Kier molecular flexibility index (Phi) is 7.90. The summed E-state index contributed by atoms with van der Waals surface area (Å²) in [6, 6.07) is 17.7. The van der Waals surface area contributed by atoms with Crippen LogP contribution in [0, 0.1) is 5.82 Å². The second-order valence-corrected chi connectivity index (χ2v) is 9.77. The monoisotopic (exact) mass is 574 g/mol. The topological polar surface area (TPSA) is 75.7 Å². The van der Waals surface area contributed by atoms with Crippen LogP contribution in [0.5, 0.6) is 5.75 Å². The van der Waals surface area contributed by atoms with E-state index in [0.717, 1.165) is 26.7 Å². The molecule has 0 spiro atoms. The molecule has 3 amide bonds. The highest BCUT2D eigenvalue weighted by atomic mass is 79.9. The van der Waals surface area contributed by atoms with E-state index in [1.54, 1.807) is 60.7 Å². The first kappa shape index (κ1) is 25.0. The van der Waals surface area contributed by atoms with E-state index in [4.69, 9.17) is 16.3 Å². The van der Waals surface area contributed by atoms with Crippen molar-refractivity contribution >= 4 is 68.1 Å². The van der Waals surface area contributed by atoms with Gasteiger partial charge < -0.3 is 10.1 Å². The Morgan fingerprint density at radius 3 is 2.51 bits per heavy atom. The molecule has 3 aromatic carbocycles. The van der Waals surface area contributed by atoms with E-state index >= 15 is 0 Å². The van der Waals surface area contributed by atoms with Crippen molar-refractivity contribution in [2.24, 2.45) is 0 Å². The second kappa shape index (κ2) is 11.1. The molecule has 0 unspecified atom stereocenters. The molecule has 35 heavy (non-hydrogen) atoms. The highest BCUT2D eigenvalue weighted by molar-refractivity contribution is 9.10. The van der Waals surface area contributed by atoms with Crippen LogP contribution in [0.25, 0.3) is 6.08 Å². The van der Waals surface area contributed by atoms with Gasteiger partial charge in [0.25, 0.3) is 11.1 Å². The summed E-state index contributed by atoms with van der Waals surface area (Å²) in [5, 5.41) is 2.61. The SMILES string of the molecule is O=C(CN1C(=O)S/C(=C\c2cc(Br)ccc2OCc2ccc(F)cc2)C1=O)Nc1ccc(Cl)cc1. The van der Waals surface area contributed by atoms with E-state index in [2.05, 4.69) is 21.2 Å². The Morgan fingerprint density at radius 2 is 1.80 bits per heavy atom. The van der Waals surface area contributed by atoms with Gasteiger partial charge in [0, 0.05) is 20.7 Å². The maximum atomic E-state index is 13.1. The van der Waals surface area contributed by atoms with Crippen molar-refractivity contribution < 1.29 is 23.5 Å². The number of benzene rings is 3. The summed E-state index contributed by atoms with van der Waals surface area (Å²) in [6.45, 7) is -0.230. The molecule has 1 fully saturated rings. The van der Waals surface area contributed by atoms with Crippen LogP contribution in [-0.2, 0) is 16.2 Å². The third-order valence-corrected chi connectivity index (χ3v) is 6.52. The van der Waals surface area contributed by atoms with Crippen LogP contribution < -0.4 is 10.1 Å². The van der Waals surface area contributed by atoms with Gasteiger partial charge in [-0.15, -0.1) is 0 Å². The van der Waals surface area contributed by atoms with Crippen molar-refractivity contribution in [3.63, 3.8) is 0 Å². The van der Waals surface area contributed by atoms with Crippen molar-refractivity contribution in [1.29, 1.82) is 0 Å². The van der Waals surface area contributed by atoms with Gasteiger partial charge >= 0.3 is 0 Å². The molecule has 6 nitrogen and oxygen atoms in total. The minimum Gasteiger partial charge on any atom is -0.488 e. The van der Waals surface area contributed by atoms with Gasteiger partial charge in [0.2, 0.25) is 5.91 Å². The lowest BCUT2D eigenvalue weighted by atomic mass is 10.1. The molecular weight excluding hydrogens is 559 g/mol. The predicted molar refractivity (Wildman–Crippen MR) is 138 cm³/mol. The van der Waals surface area contributed by atoms with Gasteiger partial charge in [0.1, 0.15) is 24.7 Å². The van der Waals surface area contributed by atoms with E-state index in [9.17, 15) is 18.8 Å². The van der Waals surface area contributed by atoms with Gasteiger partial charge in [-0.1, -0.05) is 39.7 Å². The molecule has 4 rings (SSSR count). The molecule has 178 valence electrons. The first-order valence-electron chi connectivity index (χ1n) is 10.3. The van der Waals surface area contributed by atoms with Crippen LogP contribution in [0.2, 0.25) is 5.02 Å². The zero-order valence-corrected chi connectivity index (χ0v) is 21.1. The number of nitrogens with zero attached hydrogens (tertiary/aromatic N) is 1. The number of carbonyl (C=O) groups excluding carboxylic acids is 3. The molecule has 1 aliphatic rings. The van der Waals surface area contributed by atoms with Crippen LogP contribution in [0.1, 0.15) is 11.1 Å². The molecule has 10 heteroatoms. The Balaban J connectivity index is 1.47. The van der Waals surface area contributed by atoms with Crippen LogP contribution >= 0.6 is 39.3 Å². The number of anilines is 1. The minimum absolute atomic E-state index is 0.166. The number of hydrogen-bond acceptors (Lipinski definition) is 5. The summed E-state index contributed by atoms with van der Waals surface area (Å²) >= 11 is 9.99. The van der Waals surface area contributed by atoms with E-state index < -0.39 is 23.6 Å². The number of carbonyl (C=O) groups is 3. The molecule has 1 heterocycles. The van der Waals surface area contributed by atoms with Crippen LogP contribution in [0.3, 0.4) is 0 Å². The van der Waals surface area contributed by atoms with Gasteiger partial charge in [-0.25, -0.2) is 4.39 Å². The fraction of sp³-hybridized carbons (Fsp3) is 0.0800. The van der Waals surface area contributed by atoms with Crippen LogP contribution in [0.15, 0.2) is 76.1 Å². The Morgan fingerprint density at radius 1 is 1.09 bits per heavy atom. The third kappa shape index (κ3) is 6.50. The largest absolute Gasteiger partial charge is 0.488 e. The summed E-state index contributed by atoms with van der Waals surface area (Å²) in [4.78, 5) is 38.8. The van der Waals surface area contributed by atoms with Crippen molar-refractivity contribution in [2.45, 2.75) is 6.61 Å².